The molecule has 1 aliphatic heterocycles. The summed E-state index contributed by atoms with van der Waals surface area (Å²) in [5.41, 5.74) is 1.07. The Labute approximate surface area is 139 Å². The number of benzene rings is 1. The van der Waals surface area contributed by atoms with Gasteiger partial charge in [-0.3, -0.25) is 0 Å². The maximum absolute atomic E-state index is 13.1. The van der Waals surface area contributed by atoms with Crippen LogP contribution >= 0.6 is 0 Å². The van der Waals surface area contributed by atoms with E-state index >= 15 is 0 Å². The fourth-order valence-corrected chi connectivity index (χ4v) is 6.69. The number of hydrogen-bond acceptors (Lipinski definition) is 4. The van der Waals surface area contributed by atoms with Gasteiger partial charge in [-0.05, 0) is 43.9 Å². The zero-order chi connectivity index (χ0) is 17.3. The first-order chi connectivity index (χ1) is 10.7. The number of hydrogen-bond donors (Lipinski definition) is 0. The minimum atomic E-state index is -3.70. The van der Waals surface area contributed by atoms with Crippen molar-refractivity contribution >= 4 is 19.9 Å². The molecule has 7 heteroatoms. The highest BCUT2D eigenvalue weighted by Crippen LogP contribution is 2.28. The van der Waals surface area contributed by atoms with Gasteiger partial charge in [-0.2, -0.15) is 4.31 Å². The minimum Gasteiger partial charge on any atom is -0.229 e. The SMILES string of the molecule is CCc1ccc(S(=O)(=O)N([C@H]2CCS(=O)(=O)C2)[C@@H](C)CC)cc1. The van der Waals surface area contributed by atoms with Gasteiger partial charge in [0.2, 0.25) is 10.0 Å². The Hall–Kier alpha value is -0.920. The fourth-order valence-electron chi connectivity index (χ4n) is 2.97. The van der Waals surface area contributed by atoms with Crippen LogP contribution in [0.5, 0.6) is 0 Å². The highest BCUT2D eigenvalue weighted by atomic mass is 32.2. The highest BCUT2D eigenvalue weighted by Gasteiger charge is 2.40. The van der Waals surface area contributed by atoms with Gasteiger partial charge in [0.15, 0.2) is 9.84 Å². The molecule has 1 aromatic carbocycles. The van der Waals surface area contributed by atoms with E-state index in [1.54, 1.807) is 12.1 Å². The summed E-state index contributed by atoms with van der Waals surface area (Å²) in [6.07, 6.45) is 1.86. The third kappa shape index (κ3) is 3.95. The van der Waals surface area contributed by atoms with Crippen molar-refractivity contribution in [1.29, 1.82) is 0 Å². The van der Waals surface area contributed by atoms with Crippen molar-refractivity contribution in [2.24, 2.45) is 0 Å². The van der Waals surface area contributed by atoms with Gasteiger partial charge in [0.1, 0.15) is 0 Å². The van der Waals surface area contributed by atoms with E-state index in [4.69, 9.17) is 0 Å². The molecular formula is C16H25NO4S2. The number of sulfone groups is 1. The first-order valence-corrected chi connectivity index (χ1v) is 11.3. The van der Waals surface area contributed by atoms with Gasteiger partial charge in [0, 0.05) is 12.1 Å². The quantitative estimate of drug-likeness (QED) is 0.781. The average Bonchev–Trinajstić information content (AvgIpc) is 2.86. The minimum absolute atomic E-state index is 0.0644. The molecule has 0 aliphatic carbocycles. The summed E-state index contributed by atoms with van der Waals surface area (Å²) in [5.74, 6) is -0.0154. The van der Waals surface area contributed by atoms with Crippen LogP contribution in [0, 0.1) is 0 Å². The predicted octanol–water partition coefficient (Wildman–Crippen LogP) is 2.23. The van der Waals surface area contributed by atoms with Gasteiger partial charge in [-0.25, -0.2) is 16.8 Å². The predicted molar refractivity (Wildman–Crippen MR) is 91.7 cm³/mol. The van der Waals surface area contributed by atoms with Crippen molar-refractivity contribution in [2.45, 2.75) is 57.0 Å². The molecule has 1 aromatic rings. The Balaban J connectivity index is 2.41. The summed E-state index contributed by atoms with van der Waals surface area (Å²) in [4.78, 5) is 0.235. The van der Waals surface area contributed by atoms with E-state index in [9.17, 15) is 16.8 Å². The summed E-state index contributed by atoms with van der Waals surface area (Å²) in [5, 5.41) is 0. The second kappa shape index (κ2) is 6.91. The van der Waals surface area contributed by atoms with E-state index in [1.165, 1.54) is 4.31 Å². The zero-order valence-electron chi connectivity index (χ0n) is 13.9. The Morgan fingerprint density at radius 3 is 2.26 bits per heavy atom. The number of aryl methyl sites for hydroxylation is 1. The average molecular weight is 360 g/mol. The smallest absolute Gasteiger partial charge is 0.229 e. The molecule has 0 radical (unpaired) electrons. The molecule has 0 amide bonds. The van der Waals surface area contributed by atoms with Crippen LogP contribution in [-0.2, 0) is 26.3 Å². The summed E-state index contributed by atoms with van der Waals surface area (Å²) in [7, 11) is -6.84. The second-order valence-corrected chi connectivity index (χ2v) is 10.2. The molecular weight excluding hydrogens is 334 g/mol. The monoisotopic (exact) mass is 359 g/mol. The number of nitrogens with zero attached hydrogens (tertiary/aromatic N) is 1. The van der Waals surface area contributed by atoms with Gasteiger partial charge >= 0.3 is 0 Å². The maximum atomic E-state index is 13.1. The Morgan fingerprint density at radius 1 is 1.22 bits per heavy atom. The molecule has 0 bridgehead atoms. The number of rotatable bonds is 6. The van der Waals surface area contributed by atoms with E-state index in [2.05, 4.69) is 0 Å². The molecule has 1 fully saturated rings. The summed E-state index contributed by atoms with van der Waals surface area (Å²) >= 11 is 0. The molecule has 0 N–H and O–H groups in total. The molecule has 0 unspecified atom stereocenters. The lowest BCUT2D eigenvalue weighted by Gasteiger charge is -2.32. The zero-order valence-corrected chi connectivity index (χ0v) is 15.5. The molecule has 0 saturated carbocycles. The fraction of sp³-hybridized carbons (Fsp3) is 0.625. The molecule has 1 saturated heterocycles. The lowest BCUT2D eigenvalue weighted by Crippen LogP contribution is -2.46. The topological polar surface area (TPSA) is 71.5 Å². The van der Waals surface area contributed by atoms with Crippen LogP contribution < -0.4 is 0 Å². The molecule has 0 spiro atoms. The van der Waals surface area contributed by atoms with Gasteiger partial charge in [-0.15, -0.1) is 0 Å². The Kier molecular flexibility index (Phi) is 5.53. The molecule has 5 nitrogen and oxygen atoms in total. The van der Waals surface area contributed by atoms with Crippen LogP contribution in [0.4, 0.5) is 0 Å². The first kappa shape index (κ1) is 18.4. The van der Waals surface area contributed by atoms with Crippen LogP contribution in [0.15, 0.2) is 29.2 Å². The summed E-state index contributed by atoms with van der Waals surface area (Å²) < 4.78 is 51.1. The maximum Gasteiger partial charge on any atom is 0.243 e. The molecule has 2 atom stereocenters. The van der Waals surface area contributed by atoms with Crippen LogP contribution in [0.1, 0.15) is 39.2 Å². The molecule has 23 heavy (non-hydrogen) atoms. The van der Waals surface area contributed by atoms with Gasteiger partial charge in [0.25, 0.3) is 0 Å². The van der Waals surface area contributed by atoms with E-state index in [0.29, 0.717) is 12.8 Å². The van der Waals surface area contributed by atoms with Gasteiger partial charge in [0.05, 0.1) is 16.4 Å². The highest BCUT2D eigenvalue weighted by molar-refractivity contribution is 7.92. The summed E-state index contributed by atoms with van der Waals surface area (Å²) in [6.45, 7) is 5.76. The van der Waals surface area contributed by atoms with Crippen molar-refractivity contribution in [3.05, 3.63) is 29.8 Å². The molecule has 130 valence electrons. The first-order valence-electron chi connectivity index (χ1n) is 8.04. The van der Waals surface area contributed by atoms with E-state index in [0.717, 1.165) is 12.0 Å². The number of sulfonamides is 1. The van der Waals surface area contributed by atoms with Crippen molar-refractivity contribution < 1.29 is 16.8 Å². The van der Waals surface area contributed by atoms with Crippen molar-refractivity contribution in [1.82, 2.24) is 4.31 Å². The van der Waals surface area contributed by atoms with Crippen molar-refractivity contribution in [2.75, 3.05) is 11.5 Å². The second-order valence-electron chi connectivity index (χ2n) is 6.15. The molecule has 1 aliphatic rings. The standard InChI is InChI=1S/C16H25NO4S2/c1-4-13(3)17(15-10-11-22(18,19)12-15)23(20,21)16-8-6-14(5-2)7-9-16/h6-9,13,15H,4-5,10-12H2,1-3H3/t13-,15-/m0/s1. The van der Waals surface area contributed by atoms with Gasteiger partial charge < -0.3 is 0 Å². The van der Waals surface area contributed by atoms with Gasteiger partial charge in [-0.1, -0.05) is 26.0 Å². The Morgan fingerprint density at radius 2 is 1.83 bits per heavy atom. The normalized spacial score (nSPS) is 22.3. The molecule has 1 heterocycles. The van der Waals surface area contributed by atoms with Crippen LogP contribution in [0.3, 0.4) is 0 Å². The van der Waals surface area contributed by atoms with Crippen LogP contribution in [0.25, 0.3) is 0 Å². The summed E-state index contributed by atoms with van der Waals surface area (Å²) in [6, 6.07) is 6.16. The Bertz CT molecular complexity index is 739. The van der Waals surface area contributed by atoms with Crippen molar-refractivity contribution in [3.63, 3.8) is 0 Å². The largest absolute Gasteiger partial charge is 0.243 e. The third-order valence-electron chi connectivity index (χ3n) is 4.50. The van der Waals surface area contributed by atoms with E-state index in [1.807, 2.05) is 32.9 Å². The van der Waals surface area contributed by atoms with E-state index in [-0.39, 0.29) is 22.4 Å². The molecule has 0 aromatic heterocycles. The third-order valence-corrected chi connectivity index (χ3v) is 8.33. The lowest BCUT2D eigenvalue weighted by atomic mass is 10.2. The van der Waals surface area contributed by atoms with E-state index < -0.39 is 25.9 Å². The van der Waals surface area contributed by atoms with Crippen LogP contribution in [-0.4, -0.2) is 44.7 Å². The molecule has 2 rings (SSSR count). The van der Waals surface area contributed by atoms with Crippen molar-refractivity contribution in [3.8, 4) is 0 Å². The lowest BCUT2D eigenvalue weighted by molar-refractivity contribution is 0.271. The van der Waals surface area contributed by atoms with Crippen LogP contribution in [0.2, 0.25) is 0 Å².